The summed E-state index contributed by atoms with van der Waals surface area (Å²) in [6.07, 6.45) is 0.841. The van der Waals surface area contributed by atoms with Crippen LogP contribution in [0.5, 0.6) is 5.75 Å². The van der Waals surface area contributed by atoms with Crippen molar-refractivity contribution in [3.05, 3.63) is 29.6 Å². The lowest BCUT2D eigenvalue weighted by Gasteiger charge is -2.40. The zero-order valence-corrected chi connectivity index (χ0v) is 13.6. The molecule has 1 aromatic carbocycles. The highest BCUT2D eigenvalue weighted by molar-refractivity contribution is 5.86. The Hall–Kier alpha value is -2.15. The monoisotopic (exact) mass is 336 g/mol. The van der Waals surface area contributed by atoms with Gasteiger partial charge in [0.1, 0.15) is 18.2 Å². The van der Waals surface area contributed by atoms with E-state index in [0.717, 1.165) is 0 Å². The van der Waals surface area contributed by atoms with Gasteiger partial charge >= 0.3 is 0 Å². The van der Waals surface area contributed by atoms with E-state index in [2.05, 4.69) is 0 Å². The van der Waals surface area contributed by atoms with E-state index in [9.17, 15) is 19.1 Å². The molecule has 1 atom stereocenters. The van der Waals surface area contributed by atoms with Gasteiger partial charge in [0, 0.05) is 19.0 Å². The Bertz CT molecular complexity index is 666. The van der Waals surface area contributed by atoms with Gasteiger partial charge in [0.2, 0.25) is 5.91 Å². The minimum absolute atomic E-state index is 0.0251. The number of likely N-dealkylation sites (tertiary alicyclic amines) is 1. The first-order valence-electron chi connectivity index (χ1n) is 8.08. The van der Waals surface area contributed by atoms with E-state index in [1.54, 1.807) is 12.1 Å². The Labute approximate surface area is 139 Å². The second kappa shape index (κ2) is 6.39. The SMILES string of the molecule is CC(=O)N1CCC[C@@](O)(C(=O)N2CCOc3cccc(F)c3C2)C1. The number of rotatable bonds is 1. The van der Waals surface area contributed by atoms with Gasteiger partial charge < -0.3 is 19.6 Å². The van der Waals surface area contributed by atoms with E-state index in [4.69, 9.17) is 4.74 Å². The Morgan fingerprint density at radius 1 is 1.29 bits per heavy atom. The van der Waals surface area contributed by atoms with Gasteiger partial charge in [0.05, 0.1) is 19.6 Å². The fourth-order valence-electron chi connectivity index (χ4n) is 3.31. The standard InChI is InChI=1S/C17H21FN2O4/c1-12(21)20-7-3-6-17(23,11-20)16(22)19-8-9-24-15-5-2-4-14(18)13(15)10-19/h2,4-5,23H,3,6-11H2,1H3/t17-/m0/s1. The van der Waals surface area contributed by atoms with E-state index in [0.29, 0.717) is 24.3 Å². The molecule has 1 fully saturated rings. The van der Waals surface area contributed by atoms with Crippen LogP contribution in [-0.2, 0) is 16.1 Å². The van der Waals surface area contributed by atoms with Crippen molar-refractivity contribution >= 4 is 11.8 Å². The van der Waals surface area contributed by atoms with Crippen molar-refractivity contribution in [1.82, 2.24) is 9.80 Å². The molecule has 2 aliphatic rings. The molecule has 0 unspecified atom stereocenters. The fraction of sp³-hybridized carbons (Fsp3) is 0.529. The van der Waals surface area contributed by atoms with Crippen molar-refractivity contribution in [2.75, 3.05) is 26.2 Å². The van der Waals surface area contributed by atoms with Gasteiger partial charge in [0.15, 0.2) is 5.60 Å². The topological polar surface area (TPSA) is 70.1 Å². The van der Waals surface area contributed by atoms with Gasteiger partial charge in [-0.2, -0.15) is 0 Å². The Balaban J connectivity index is 1.82. The first-order chi connectivity index (χ1) is 11.4. The van der Waals surface area contributed by atoms with Gasteiger partial charge in [-0.05, 0) is 25.0 Å². The molecule has 7 heteroatoms. The lowest BCUT2D eigenvalue weighted by Crippen LogP contribution is -2.58. The molecule has 0 aliphatic carbocycles. The molecule has 3 rings (SSSR count). The lowest BCUT2D eigenvalue weighted by molar-refractivity contribution is -0.160. The van der Waals surface area contributed by atoms with Crippen molar-refractivity contribution in [2.45, 2.75) is 31.9 Å². The highest BCUT2D eigenvalue weighted by Gasteiger charge is 2.44. The minimum atomic E-state index is -1.63. The Morgan fingerprint density at radius 2 is 2.08 bits per heavy atom. The average molecular weight is 336 g/mol. The number of ether oxygens (including phenoxy) is 1. The van der Waals surface area contributed by atoms with E-state index in [1.807, 2.05) is 0 Å². The van der Waals surface area contributed by atoms with Crippen molar-refractivity contribution < 1.29 is 23.8 Å². The first-order valence-corrected chi connectivity index (χ1v) is 8.08. The molecule has 0 radical (unpaired) electrons. The average Bonchev–Trinajstić information content (AvgIpc) is 2.77. The van der Waals surface area contributed by atoms with Crippen LogP contribution in [0.4, 0.5) is 4.39 Å². The number of nitrogens with zero attached hydrogens (tertiary/aromatic N) is 2. The van der Waals surface area contributed by atoms with Gasteiger partial charge in [-0.25, -0.2) is 4.39 Å². The van der Waals surface area contributed by atoms with Gasteiger partial charge in [-0.15, -0.1) is 0 Å². The summed E-state index contributed by atoms with van der Waals surface area (Å²) in [6, 6.07) is 4.55. The molecule has 1 saturated heterocycles. The van der Waals surface area contributed by atoms with Crippen molar-refractivity contribution in [3.8, 4) is 5.75 Å². The molecule has 6 nitrogen and oxygen atoms in total. The van der Waals surface area contributed by atoms with Crippen LogP contribution >= 0.6 is 0 Å². The third-order valence-electron chi connectivity index (χ3n) is 4.65. The molecule has 0 saturated carbocycles. The van der Waals surface area contributed by atoms with E-state index in [-0.39, 0.29) is 38.6 Å². The number of carbonyl (C=O) groups is 2. The molecule has 0 bridgehead atoms. The fourth-order valence-corrected chi connectivity index (χ4v) is 3.31. The number of fused-ring (bicyclic) bond motifs is 1. The largest absolute Gasteiger partial charge is 0.491 e. The number of amides is 2. The maximum Gasteiger partial charge on any atom is 0.256 e. The van der Waals surface area contributed by atoms with Gasteiger partial charge in [-0.3, -0.25) is 9.59 Å². The molecular formula is C17H21FN2O4. The Morgan fingerprint density at radius 3 is 2.83 bits per heavy atom. The summed E-state index contributed by atoms with van der Waals surface area (Å²) in [6.45, 7) is 2.46. The van der Waals surface area contributed by atoms with Crippen molar-refractivity contribution in [3.63, 3.8) is 0 Å². The van der Waals surface area contributed by atoms with Crippen LogP contribution in [-0.4, -0.2) is 58.6 Å². The number of benzene rings is 1. The van der Waals surface area contributed by atoms with Crippen LogP contribution in [0, 0.1) is 5.82 Å². The van der Waals surface area contributed by atoms with Gasteiger partial charge in [-0.1, -0.05) is 6.07 Å². The predicted octanol–water partition coefficient (Wildman–Crippen LogP) is 0.920. The van der Waals surface area contributed by atoms with Crippen LogP contribution in [0.25, 0.3) is 0 Å². The minimum Gasteiger partial charge on any atom is -0.491 e. The Kier molecular flexibility index (Phi) is 4.45. The normalized spacial score (nSPS) is 24.0. The third kappa shape index (κ3) is 3.08. The second-order valence-corrected chi connectivity index (χ2v) is 6.37. The summed E-state index contributed by atoms with van der Waals surface area (Å²) in [5, 5.41) is 10.8. The van der Waals surface area contributed by atoms with E-state index < -0.39 is 17.3 Å². The van der Waals surface area contributed by atoms with E-state index >= 15 is 0 Å². The molecule has 0 aromatic heterocycles. The number of hydrogen-bond acceptors (Lipinski definition) is 4. The summed E-state index contributed by atoms with van der Waals surface area (Å²) in [5.74, 6) is -0.663. The zero-order chi connectivity index (χ0) is 17.3. The van der Waals surface area contributed by atoms with Crippen LogP contribution < -0.4 is 4.74 Å². The number of hydrogen-bond donors (Lipinski definition) is 1. The summed E-state index contributed by atoms with van der Waals surface area (Å²) in [5.41, 5.74) is -1.31. The van der Waals surface area contributed by atoms with Crippen molar-refractivity contribution in [2.24, 2.45) is 0 Å². The molecule has 24 heavy (non-hydrogen) atoms. The van der Waals surface area contributed by atoms with Crippen molar-refractivity contribution in [1.29, 1.82) is 0 Å². The summed E-state index contributed by atoms with van der Waals surface area (Å²) >= 11 is 0. The van der Waals surface area contributed by atoms with Gasteiger partial charge in [0.25, 0.3) is 5.91 Å². The summed E-state index contributed by atoms with van der Waals surface area (Å²) in [4.78, 5) is 27.3. The first kappa shape index (κ1) is 16.7. The molecule has 1 aromatic rings. The number of halogens is 1. The second-order valence-electron chi connectivity index (χ2n) is 6.37. The highest BCUT2D eigenvalue weighted by atomic mass is 19.1. The number of carbonyl (C=O) groups excluding carboxylic acids is 2. The zero-order valence-electron chi connectivity index (χ0n) is 13.6. The predicted molar refractivity (Wildman–Crippen MR) is 83.7 cm³/mol. The smallest absolute Gasteiger partial charge is 0.256 e. The number of aliphatic hydroxyl groups is 1. The van der Waals surface area contributed by atoms with Crippen LogP contribution in [0.2, 0.25) is 0 Å². The summed E-state index contributed by atoms with van der Waals surface area (Å²) in [7, 11) is 0. The molecule has 2 aliphatic heterocycles. The molecule has 130 valence electrons. The van der Waals surface area contributed by atoms with Crippen LogP contribution in [0.3, 0.4) is 0 Å². The summed E-state index contributed by atoms with van der Waals surface area (Å²) < 4.78 is 19.6. The molecule has 1 N–H and O–H groups in total. The highest BCUT2D eigenvalue weighted by Crippen LogP contribution is 2.29. The maximum absolute atomic E-state index is 14.1. The third-order valence-corrected chi connectivity index (χ3v) is 4.65. The molecular weight excluding hydrogens is 315 g/mol. The quantitative estimate of drug-likeness (QED) is 0.828. The van der Waals surface area contributed by atoms with E-state index in [1.165, 1.54) is 22.8 Å². The molecule has 0 spiro atoms. The number of piperidine rings is 1. The molecule has 2 amide bonds. The van der Waals surface area contributed by atoms with Crippen LogP contribution in [0.1, 0.15) is 25.3 Å². The lowest BCUT2D eigenvalue weighted by atomic mass is 9.91. The maximum atomic E-state index is 14.1. The molecule has 2 heterocycles. The van der Waals surface area contributed by atoms with Crippen LogP contribution in [0.15, 0.2) is 18.2 Å². The number of β-amino-alcohol motifs (C(OH)–C–C–N with tert-alkyl or cyclic N) is 1.